The number of likely N-dealkylation sites (tertiary alicyclic amines) is 1. The van der Waals surface area contributed by atoms with Crippen LogP contribution < -0.4 is 16.6 Å². The fraction of sp³-hybridized carbons (Fsp3) is 0.500. The van der Waals surface area contributed by atoms with E-state index in [9.17, 15) is 9.18 Å². The van der Waals surface area contributed by atoms with Crippen LogP contribution in [0.5, 0.6) is 0 Å². The van der Waals surface area contributed by atoms with Gasteiger partial charge in [-0.15, -0.1) is 0 Å². The summed E-state index contributed by atoms with van der Waals surface area (Å²) in [4.78, 5) is 13.5. The molecule has 1 amide bonds. The number of hydrazine groups is 1. The van der Waals surface area contributed by atoms with Crippen molar-refractivity contribution in [2.24, 2.45) is 11.8 Å². The first-order chi connectivity index (χ1) is 11.5. The lowest BCUT2D eigenvalue weighted by Gasteiger charge is -2.34. The number of nitrogens with zero attached hydrogens (tertiary/aromatic N) is 1. The number of carbonyl (C=O) groups excluding carboxylic acids is 1. The number of hydrogen-bond donors (Lipinski definition) is 3. The number of benzene rings is 1. The molecular formula is C16H23FN4O2S. The van der Waals surface area contributed by atoms with Crippen molar-refractivity contribution >= 4 is 23.4 Å². The van der Waals surface area contributed by atoms with Crippen molar-refractivity contribution in [3.05, 3.63) is 35.4 Å². The molecule has 0 unspecified atom stereocenters. The summed E-state index contributed by atoms with van der Waals surface area (Å²) in [6.07, 6.45) is -1.07. The van der Waals surface area contributed by atoms with Crippen molar-refractivity contribution < 1.29 is 13.9 Å². The molecule has 4 N–H and O–H groups in total. The van der Waals surface area contributed by atoms with Crippen LogP contribution in [0.25, 0.3) is 0 Å². The van der Waals surface area contributed by atoms with Crippen molar-refractivity contribution in [3.63, 3.8) is 0 Å². The Kier molecular flexibility index (Phi) is 6.74. The third kappa shape index (κ3) is 5.31. The number of aryl methyl sites for hydroxylation is 1. The lowest BCUT2D eigenvalue weighted by atomic mass is 9.95. The normalized spacial score (nSPS) is 20.4. The standard InChI is InChI=1S/C16H23FN4O2S/c1-11-2-4-12(5-3-11)10-23-16(22)21-7-6-13(14(17)9-21)8-19-15(24)20-18/h2-5,13-14H,6-10,18H2,1H3,(H2,19,20,24)/t13-,14-/m1/s1. The lowest BCUT2D eigenvalue weighted by Crippen LogP contribution is -2.49. The van der Waals surface area contributed by atoms with Crippen molar-refractivity contribution in [2.75, 3.05) is 19.6 Å². The van der Waals surface area contributed by atoms with E-state index in [1.165, 1.54) is 4.90 Å². The zero-order valence-corrected chi connectivity index (χ0v) is 14.4. The predicted octanol–water partition coefficient (Wildman–Crippen LogP) is 1.63. The van der Waals surface area contributed by atoms with Crippen LogP contribution >= 0.6 is 12.2 Å². The third-order valence-corrected chi connectivity index (χ3v) is 4.34. The molecule has 8 heteroatoms. The molecule has 1 saturated heterocycles. The van der Waals surface area contributed by atoms with Crippen LogP contribution in [0.4, 0.5) is 9.18 Å². The Balaban J connectivity index is 1.76. The van der Waals surface area contributed by atoms with E-state index in [1.54, 1.807) is 0 Å². The first-order valence-electron chi connectivity index (χ1n) is 7.85. The summed E-state index contributed by atoms with van der Waals surface area (Å²) in [6, 6.07) is 7.74. The minimum absolute atomic E-state index is 0.0297. The van der Waals surface area contributed by atoms with E-state index in [1.807, 2.05) is 31.2 Å². The average molecular weight is 354 g/mol. The molecule has 6 nitrogen and oxygen atoms in total. The maximum Gasteiger partial charge on any atom is 0.410 e. The summed E-state index contributed by atoms with van der Waals surface area (Å²) in [5.41, 5.74) is 4.35. The summed E-state index contributed by atoms with van der Waals surface area (Å²) in [7, 11) is 0. The Morgan fingerprint density at radius 1 is 1.46 bits per heavy atom. The quantitative estimate of drug-likeness (QED) is 0.433. The summed E-state index contributed by atoms with van der Waals surface area (Å²) in [5.74, 6) is 4.95. The van der Waals surface area contributed by atoms with Crippen molar-refractivity contribution in [1.82, 2.24) is 15.6 Å². The van der Waals surface area contributed by atoms with E-state index in [2.05, 4.69) is 10.7 Å². The second-order valence-electron chi connectivity index (χ2n) is 5.91. The van der Waals surface area contributed by atoms with Gasteiger partial charge in [-0.2, -0.15) is 0 Å². The third-order valence-electron chi connectivity index (χ3n) is 4.07. The highest BCUT2D eigenvalue weighted by Crippen LogP contribution is 2.21. The number of ether oxygens (including phenoxy) is 1. The van der Waals surface area contributed by atoms with Crippen molar-refractivity contribution in [1.29, 1.82) is 0 Å². The molecule has 0 aliphatic carbocycles. The van der Waals surface area contributed by atoms with Gasteiger partial charge >= 0.3 is 6.09 Å². The van der Waals surface area contributed by atoms with Crippen molar-refractivity contribution in [2.45, 2.75) is 26.1 Å². The molecule has 2 rings (SSSR count). The first kappa shape index (κ1) is 18.4. The molecule has 1 fully saturated rings. The topological polar surface area (TPSA) is 79.6 Å². The largest absolute Gasteiger partial charge is 0.445 e. The van der Waals surface area contributed by atoms with Gasteiger partial charge in [0, 0.05) is 19.0 Å². The van der Waals surface area contributed by atoms with Gasteiger partial charge < -0.3 is 20.4 Å². The van der Waals surface area contributed by atoms with Crippen LogP contribution in [0, 0.1) is 12.8 Å². The van der Waals surface area contributed by atoms with Gasteiger partial charge in [-0.05, 0) is 31.1 Å². The molecule has 132 valence electrons. The Morgan fingerprint density at radius 3 is 2.79 bits per heavy atom. The molecule has 1 aromatic rings. The zero-order valence-electron chi connectivity index (χ0n) is 13.6. The molecular weight excluding hydrogens is 331 g/mol. The van der Waals surface area contributed by atoms with Crippen LogP contribution in [0.2, 0.25) is 0 Å². The number of piperidine rings is 1. The molecule has 1 aliphatic rings. The molecule has 1 heterocycles. The fourth-order valence-corrected chi connectivity index (χ4v) is 2.63. The number of amides is 1. The summed E-state index contributed by atoms with van der Waals surface area (Å²) in [5, 5.41) is 3.13. The molecule has 0 spiro atoms. The smallest absolute Gasteiger partial charge is 0.410 e. The van der Waals surface area contributed by atoms with Gasteiger partial charge in [-0.25, -0.2) is 15.0 Å². The molecule has 2 atom stereocenters. The fourth-order valence-electron chi connectivity index (χ4n) is 2.54. The first-order valence-corrected chi connectivity index (χ1v) is 8.26. The van der Waals surface area contributed by atoms with E-state index < -0.39 is 12.3 Å². The van der Waals surface area contributed by atoms with Gasteiger partial charge in [0.05, 0.1) is 6.54 Å². The van der Waals surface area contributed by atoms with Crippen LogP contribution in [-0.2, 0) is 11.3 Å². The van der Waals surface area contributed by atoms with Crippen LogP contribution in [0.1, 0.15) is 17.5 Å². The van der Waals surface area contributed by atoms with Crippen molar-refractivity contribution in [3.8, 4) is 0 Å². The molecule has 0 aromatic heterocycles. The highest BCUT2D eigenvalue weighted by atomic mass is 32.1. The monoisotopic (exact) mass is 354 g/mol. The molecule has 1 aromatic carbocycles. The number of rotatable bonds is 4. The van der Waals surface area contributed by atoms with Gasteiger partial charge in [0.2, 0.25) is 0 Å². The number of thiocarbonyl (C=S) groups is 1. The van der Waals surface area contributed by atoms with E-state index in [0.717, 1.165) is 11.1 Å². The van der Waals surface area contributed by atoms with E-state index in [4.69, 9.17) is 22.8 Å². The van der Waals surface area contributed by atoms with E-state index in [-0.39, 0.29) is 24.2 Å². The number of alkyl halides is 1. The molecule has 1 aliphatic heterocycles. The molecule has 0 saturated carbocycles. The Bertz CT molecular complexity index is 570. The summed E-state index contributed by atoms with van der Waals surface area (Å²) in [6.45, 7) is 3.06. The maximum atomic E-state index is 14.2. The summed E-state index contributed by atoms with van der Waals surface area (Å²) < 4.78 is 19.5. The average Bonchev–Trinajstić information content (AvgIpc) is 2.59. The second-order valence-corrected chi connectivity index (χ2v) is 6.31. The minimum atomic E-state index is -1.13. The summed E-state index contributed by atoms with van der Waals surface area (Å²) >= 11 is 4.86. The van der Waals surface area contributed by atoms with E-state index >= 15 is 0 Å². The van der Waals surface area contributed by atoms with Crippen LogP contribution in [-0.4, -0.2) is 41.9 Å². The lowest BCUT2D eigenvalue weighted by molar-refractivity contribution is 0.0526. The number of hydrogen-bond acceptors (Lipinski definition) is 4. The van der Waals surface area contributed by atoms with Gasteiger partial charge in [-0.3, -0.25) is 0 Å². The predicted molar refractivity (Wildman–Crippen MR) is 93.9 cm³/mol. The number of halogens is 1. The number of nitrogens with two attached hydrogens (primary N) is 1. The van der Waals surface area contributed by atoms with Crippen LogP contribution in [0.15, 0.2) is 24.3 Å². The highest BCUT2D eigenvalue weighted by Gasteiger charge is 2.32. The zero-order chi connectivity index (χ0) is 17.5. The Labute approximate surface area is 146 Å². The number of nitrogens with one attached hydrogen (secondary N) is 2. The van der Waals surface area contributed by atoms with Gasteiger partial charge in [0.1, 0.15) is 12.8 Å². The molecule has 0 bridgehead atoms. The van der Waals surface area contributed by atoms with Gasteiger partial charge in [0.15, 0.2) is 5.11 Å². The van der Waals surface area contributed by atoms with E-state index in [0.29, 0.717) is 19.5 Å². The Hall–Kier alpha value is -1.93. The Morgan fingerprint density at radius 2 is 2.17 bits per heavy atom. The molecule has 0 radical (unpaired) electrons. The SMILES string of the molecule is Cc1ccc(COC(=O)N2CC[C@H](CNC(=S)NN)[C@H](F)C2)cc1. The van der Waals surface area contributed by atoms with Crippen LogP contribution in [0.3, 0.4) is 0 Å². The number of carbonyl (C=O) groups is 1. The minimum Gasteiger partial charge on any atom is -0.445 e. The van der Waals surface area contributed by atoms with Gasteiger partial charge in [0.25, 0.3) is 0 Å². The highest BCUT2D eigenvalue weighted by molar-refractivity contribution is 7.80. The molecule has 24 heavy (non-hydrogen) atoms. The maximum absolute atomic E-state index is 14.2. The second kappa shape index (κ2) is 8.79. The van der Waals surface area contributed by atoms with Gasteiger partial charge in [-0.1, -0.05) is 29.8 Å².